The van der Waals surface area contributed by atoms with Crippen LogP contribution in [0.1, 0.15) is 13.8 Å². The molecule has 0 spiro atoms. The first-order valence-electron chi connectivity index (χ1n) is 3.00. The summed E-state index contributed by atoms with van der Waals surface area (Å²) in [5, 5.41) is -1.26. The zero-order valence-electron chi connectivity index (χ0n) is 6.62. The molecule has 6 heteroatoms. The second kappa shape index (κ2) is 3.68. The molecule has 0 aromatic rings. The fourth-order valence-electron chi connectivity index (χ4n) is 0.468. The van der Waals surface area contributed by atoms with E-state index < -0.39 is 15.3 Å². The van der Waals surface area contributed by atoms with E-state index in [4.69, 9.17) is 0 Å². The maximum Gasteiger partial charge on any atom is 0.439 e. The van der Waals surface area contributed by atoms with Gasteiger partial charge in [0.2, 0.25) is 0 Å². The maximum atomic E-state index is 10.8. The lowest BCUT2D eigenvalue weighted by molar-refractivity contribution is 0.196. The molecule has 5 nitrogen and oxygen atoms in total. The van der Waals surface area contributed by atoms with Crippen molar-refractivity contribution >= 4 is 15.3 Å². The van der Waals surface area contributed by atoms with E-state index >= 15 is 0 Å². The lowest BCUT2D eigenvalue weighted by atomic mass is 10.4. The summed E-state index contributed by atoms with van der Waals surface area (Å²) in [6, 6.07) is -0.306. The van der Waals surface area contributed by atoms with Crippen molar-refractivity contribution in [3.05, 3.63) is 0 Å². The van der Waals surface area contributed by atoms with Crippen LogP contribution in [0.15, 0.2) is 0 Å². The molecule has 0 saturated heterocycles. The Kier molecular flexibility index (Phi) is 3.47. The highest BCUT2D eigenvalue weighted by molar-refractivity contribution is 8.04. The number of carbonyl (C=O) groups is 1. The van der Waals surface area contributed by atoms with Gasteiger partial charge in [-0.05, 0) is 13.8 Å². The highest BCUT2D eigenvalue weighted by Gasteiger charge is 2.22. The predicted molar refractivity (Wildman–Crippen MR) is 39.6 cm³/mol. The molecule has 0 bridgehead atoms. The minimum atomic E-state index is -3.92. The molecule has 66 valence electrons. The third-order valence-corrected chi connectivity index (χ3v) is 2.16. The van der Waals surface area contributed by atoms with Crippen LogP contribution < -0.4 is 4.72 Å². The van der Waals surface area contributed by atoms with E-state index in [0.717, 1.165) is 7.11 Å². The number of hydrogen-bond donors (Lipinski definition) is 1. The Hall–Kier alpha value is -0.620. The first-order valence-corrected chi connectivity index (χ1v) is 4.48. The first kappa shape index (κ1) is 10.4. The van der Waals surface area contributed by atoms with Gasteiger partial charge in [-0.1, -0.05) is 0 Å². The summed E-state index contributed by atoms with van der Waals surface area (Å²) in [5.41, 5.74) is 0. The van der Waals surface area contributed by atoms with E-state index in [0.29, 0.717) is 0 Å². The topological polar surface area (TPSA) is 72.5 Å². The average molecular weight is 181 g/mol. The van der Waals surface area contributed by atoms with E-state index in [-0.39, 0.29) is 6.04 Å². The Morgan fingerprint density at radius 1 is 1.45 bits per heavy atom. The number of sulfonamides is 1. The predicted octanol–water partition coefficient (Wildman–Crippen LogP) is 0.0806. The second-order valence-corrected chi connectivity index (χ2v) is 3.81. The van der Waals surface area contributed by atoms with Crippen molar-refractivity contribution in [2.45, 2.75) is 19.9 Å². The lowest BCUT2D eigenvalue weighted by Gasteiger charge is -2.05. The zero-order chi connectivity index (χ0) is 9.07. The number of rotatable bonds is 2. The normalized spacial score (nSPS) is 11.6. The second-order valence-electron chi connectivity index (χ2n) is 2.23. The molecule has 0 saturated carbocycles. The van der Waals surface area contributed by atoms with Crippen LogP contribution in [-0.4, -0.2) is 26.9 Å². The fourth-order valence-corrected chi connectivity index (χ4v) is 1.40. The molecule has 0 aromatic carbocycles. The van der Waals surface area contributed by atoms with Crippen molar-refractivity contribution < 1.29 is 17.9 Å². The Morgan fingerprint density at radius 2 is 1.91 bits per heavy atom. The number of hydrogen-bond acceptors (Lipinski definition) is 4. The van der Waals surface area contributed by atoms with Gasteiger partial charge in [-0.2, -0.15) is 0 Å². The van der Waals surface area contributed by atoms with Crippen LogP contribution in [0.3, 0.4) is 0 Å². The molecule has 0 atom stereocenters. The highest BCUT2D eigenvalue weighted by Crippen LogP contribution is 1.92. The van der Waals surface area contributed by atoms with Crippen molar-refractivity contribution in [1.82, 2.24) is 4.72 Å². The summed E-state index contributed by atoms with van der Waals surface area (Å²) in [7, 11) is -2.90. The van der Waals surface area contributed by atoms with Crippen LogP contribution >= 0.6 is 0 Å². The van der Waals surface area contributed by atoms with Crippen molar-refractivity contribution in [2.24, 2.45) is 0 Å². The summed E-state index contributed by atoms with van der Waals surface area (Å²) < 4.78 is 27.7. The maximum absolute atomic E-state index is 10.8. The molecular weight excluding hydrogens is 170 g/mol. The molecule has 0 aliphatic carbocycles. The molecule has 0 unspecified atom stereocenters. The van der Waals surface area contributed by atoms with Gasteiger partial charge in [-0.15, -0.1) is 0 Å². The molecule has 0 radical (unpaired) electrons. The number of carbonyl (C=O) groups excluding carboxylic acids is 1. The fraction of sp³-hybridized carbons (Fsp3) is 0.800. The van der Waals surface area contributed by atoms with E-state index in [2.05, 4.69) is 9.46 Å². The van der Waals surface area contributed by atoms with E-state index in [9.17, 15) is 13.2 Å². The van der Waals surface area contributed by atoms with Gasteiger partial charge in [0.25, 0.3) is 0 Å². The molecule has 0 aromatic heterocycles. The van der Waals surface area contributed by atoms with Gasteiger partial charge in [0.15, 0.2) is 0 Å². The van der Waals surface area contributed by atoms with E-state index in [1.165, 1.54) is 0 Å². The summed E-state index contributed by atoms with van der Waals surface area (Å²) in [4.78, 5) is 10.5. The van der Waals surface area contributed by atoms with Crippen molar-refractivity contribution in [2.75, 3.05) is 7.11 Å². The molecule has 0 fully saturated rings. The van der Waals surface area contributed by atoms with Gasteiger partial charge in [0.05, 0.1) is 7.11 Å². The summed E-state index contributed by atoms with van der Waals surface area (Å²) in [5.74, 6) is 0. The minimum Gasteiger partial charge on any atom is -0.456 e. The summed E-state index contributed by atoms with van der Waals surface area (Å²) in [6.45, 7) is 3.22. The van der Waals surface area contributed by atoms with Gasteiger partial charge < -0.3 is 4.74 Å². The standard InChI is InChI=1S/C5H11NO4S/c1-4(2)6-11(8,9)5(7)10-3/h4,6H,1-3H3. The molecule has 0 aliphatic rings. The summed E-state index contributed by atoms with van der Waals surface area (Å²) in [6.07, 6.45) is 0. The Labute approximate surface area is 65.8 Å². The van der Waals surface area contributed by atoms with E-state index in [1.54, 1.807) is 13.8 Å². The van der Waals surface area contributed by atoms with Crippen LogP contribution in [-0.2, 0) is 14.8 Å². The monoisotopic (exact) mass is 181 g/mol. The minimum absolute atomic E-state index is 0.306. The smallest absolute Gasteiger partial charge is 0.439 e. The number of ether oxygens (including phenoxy) is 1. The largest absolute Gasteiger partial charge is 0.456 e. The quantitative estimate of drug-likeness (QED) is 0.612. The molecule has 0 rings (SSSR count). The third-order valence-electron chi connectivity index (χ3n) is 0.777. The van der Waals surface area contributed by atoms with Gasteiger partial charge in [-0.3, -0.25) is 0 Å². The van der Waals surface area contributed by atoms with E-state index in [1.807, 2.05) is 0 Å². The first-order chi connectivity index (χ1) is 4.90. The van der Waals surface area contributed by atoms with Crippen molar-refractivity contribution in [1.29, 1.82) is 0 Å². The molecule has 11 heavy (non-hydrogen) atoms. The zero-order valence-corrected chi connectivity index (χ0v) is 7.44. The lowest BCUT2D eigenvalue weighted by Crippen LogP contribution is -2.35. The third kappa shape index (κ3) is 3.33. The Balaban J connectivity index is 4.37. The molecule has 0 amide bonds. The Morgan fingerprint density at radius 3 is 2.18 bits per heavy atom. The Bertz CT molecular complexity index is 231. The van der Waals surface area contributed by atoms with Gasteiger partial charge >= 0.3 is 15.3 Å². The van der Waals surface area contributed by atoms with Crippen molar-refractivity contribution in [3.63, 3.8) is 0 Å². The van der Waals surface area contributed by atoms with Crippen LogP contribution in [0.25, 0.3) is 0 Å². The average Bonchev–Trinajstić information content (AvgIpc) is 1.83. The molecule has 1 N–H and O–H groups in total. The van der Waals surface area contributed by atoms with Gasteiger partial charge in [-0.25, -0.2) is 17.9 Å². The SMILES string of the molecule is COC(=O)S(=O)(=O)NC(C)C. The van der Waals surface area contributed by atoms with Crippen LogP contribution in [0.4, 0.5) is 4.79 Å². The number of nitrogens with one attached hydrogen (secondary N) is 1. The van der Waals surface area contributed by atoms with Crippen LogP contribution in [0, 0.1) is 0 Å². The van der Waals surface area contributed by atoms with Crippen LogP contribution in [0.2, 0.25) is 0 Å². The van der Waals surface area contributed by atoms with Gasteiger partial charge in [0, 0.05) is 6.04 Å². The van der Waals surface area contributed by atoms with Crippen LogP contribution in [0.5, 0.6) is 0 Å². The molecular formula is C5H11NO4S. The van der Waals surface area contributed by atoms with Crippen molar-refractivity contribution in [3.8, 4) is 0 Å². The molecule has 0 aliphatic heterocycles. The highest BCUT2D eigenvalue weighted by atomic mass is 32.2. The number of methoxy groups -OCH3 is 1. The summed E-state index contributed by atoms with van der Waals surface area (Å²) >= 11 is 0. The molecule has 0 heterocycles. The van der Waals surface area contributed by atoms with Gasteiger partial charge in [0.1, 0.15) is 0 Å².